The number of anilines is 1. The molecule has 0 radical (unpaired) electrons. The van der Waals surface area contributed by atoms with E-state index in [4.69, 9.17) is 11.6 Å². The molecule has 0 aliphatic heterocycles. The Morgan fingerprint density at radius 1 is 1.30 bits per heavy atom. The van der Waals surface area contributed by atoms with Gasteiger partial charge < -0.3 is 9.88 Å². The molecule has 0 saturated carbocycles. The number of halogens is 1. The Morgan fingerprint density at radius 2 is 1.96 bits per heavy atom. The Hall–Kier alpha value is -1.62. The monoisotopic (exact) mass is 431 g/mol. The van der Waals surface area contributed by atoms with Crippen LogP contribution in [0.5, 0.6) is 0 Å². The van der Waals surface area contributed by atoms with Crippen LogP contribution in [0.1, 0.15) is 26.8 Å². The van der Waals surface area contributed by atoms with E-state index < -0.39 is 15.3 Å². The molecule has 1 unspecified atom stereocenters. The zero-order chi connectivity index (χ0) is 20.4. The summed E-state index contributed by atoms with van der Waals surface area (Å²) in [7, 11) is -0.885. The van der Waals surface area contributed by atoms with Crippen LogP contribution in [-0.2, 0) is 14.8 Å². The predicted octanol–water partition coefficient (Wildman–Crippen LogP) is 2.88. The zero-order valence-electron chi connectivity index (χ0n) is 15.7. The van der Waals surface area contributed by atoms with Gasteiger partial charge in [-0.1, -0.05) is 23.4 Å². The highest BCUT2D eigenvalue weighted by molar-refractivity contribution is 8.00. The van der Waals surface area contributed by atoms with Gasteiger partial charge in [0.25, 0.3) is 0 Å². The second-order valence-corrected chi connectivity index (χ2v) is 10.1. The summed E-state index contributed by atoms with van der Waals surface area (Å²) in [6.07, 6.45) is 1.62. The Balaban J connectivity index is 2.17. The van der Waals surface area contributed by atoms with Gasteiger partial charge in [-0.05, 0) is 39.0 Å². The number of aromatic nitrogens is 3. The lowest BCUT2D eigenvalue weighted by Gasteiger charge is -2.16. The fraction of sp³-hybridized carbons (Fsp3) is 0.438. The number of nitrogens with one attached hydrogen (secondary N) is 1. The van der Waals surface area contributed by atoms with Gasteiger partial charge in [0.15, 0.2) is 5.16 Å². The molecule has 1 atom stereocenters. The lowest BCUT2D eigenvalue weighted by atomic mass is 10.3. The molecule has 0 fully saturated rings. The molecule has 1 amide bonds. The van der Waals surface area contributed by atoms with E-state index in [2.05, 4.69) is 15.5 Å². The molecule has 148 valence electrons. The summed E-state index contributed by atoms with van der Waals surface area (Å²) in [5.74, 6) is -0.283. The van der Waals surface area contributed by atoms with Crippen molar-refractivity contribution < 1.29 is 13.2 Å². The second kappa shape index (κ2) is 8.59. The van der Waals surface area contributed by atoms with E-state index in [1.54, 1.807) is 19.3 Å². The van der Waals surface area contributed by atoms with Crippen LogP contribution in [0, 0.1) is 0 Å². The average Bonchev–Trinajstić information content (AvgIpc) is 3.04. The van der Waals surface area contributed by atoms with E-state index in [0.29, 0.717) is 10.8 Å². The number of hydrogen-bond donors (Lipinski definition) is 1. The summed E-state index contributed by atoms with van der Waals surface area (Å²) in [6.45, 7) is 5.74. The highest BCUT2D eigenvalue weighted by Crippen LogP contribution is 2.28. The van der Waals surface area contributed by atoms with E-state index in [1.165, 1.54) is 38.0 Å². The molecule has 0 aliphatic rings. The summed E-state index contributed by atoms with van der Waals surface area (Å²) >= 11 is 7.30. The van der Waals surface area contributed by atoms with E-state index in [9.17, 15) is 13.2 Å². The van der Waals surface area contributed by atoms with Crippen LogP contribution < -0.4 is 5.32 Å². The Bertz CT molecular complexity index is 928. The number of nitrogens with zero attached hydrogens (tertiary/aromatic N) is 4. The molecule has 0 saturated heterocycles. The number of carbonyl (C=O) groups excluding carboxylic acids is 1. The van der Waals surface area contributed by atoms with Gasteiger partial charge in [-0.25, -0.2) is 12.7 Å². The first-order chi connectivity index (χ1) is 12.5. The van der Waals surface area contributed by atoms with Crippen LogP contribution in [0.3, 0.4) is 0 Å². The molecule has 1 aromatic carbocycles. The third kappa shape index (κ3) is 5.01. The van der Waals surface area contributed by atoms with Gasteiger partial charge in [0.2, 0.25) is 15.9 Å². The molecule has 0 aliphatic carbocycles. The Morgan fingerprint density at radius 3 is 2.56 bits per heavy atom. The summed E-state index contributed by atoms with van der Waals surface area (Å²) in [6, 6.07) is 4.53. The van der Waals surface area contributed by atoms with E-state index >= 15 is 0 Å². The molecule has 2 rings (SSSR count). The van der Waals surface area contributed by atoms with E-state index in [0.717, 1.165) is 4.31 Å². The van der Waals surface area contributed by atoms with Crippen LogP contribution in [0.4, 0.5) is 5.69 Å². The third-order valence-corrected chi connectivity index (χ3v) is 7.07. The van der Waals surface area contributed by atoms with Gasteiger partial charge in [-0.3, -0.25) is 4.79 Å². The first kappa shape index (κ1) is 21.7. The van der Waals surface area contributed by atoms with Crippen molar-refractivity contribution >= 4 is 45.0 Å². The summed E-state index contributed by atoms with van der Waals surface area (Å²) in [5, 5.41) is 10.9. The quantitative estimate of drug-likeness (QED) is 0.677. The largest absolute Gasteiger partial charge is 0.325 e. The minimum atomic E-state index is -3.72. The van der Waals surface area contributed by atoms with Crippen LogP contribution in [0.15, 0.2) is 34.6 Å². The zero-order valence-corrected chi connectivity index (χ0v) is 18.1. The molecule has 1 heterocycles. The summed E-state index contributed by atoms with van der Waals surface area (Å²) < 4.78 is 27.6. The Labute approximate surface area is 168 Å². The molecule has 27 heavy (non-hydrogen) atoms. The summed E-state index contributed by atoms with van der Waals surface area (Å²) in [5.41, 5.74) is 0.350. The molecule has 11 heteroatoms. The SMILES string of the molecule is CC(Sc1nncn1C(C)C)C(=O)Nc1ccc(Cl)c(S(=O)(=O)N(C)C)c1. The highest BCUT2D eigenvalue weighted by atomic mass is 35.5. The standard InChI is InChI=1S/C16H22ClN5O3S2/c1-10(2)22-9-18-20-16(22)26-11(3)15(23)19-12-6-7-13(17)14(8-12)27(24,25)21(4)5/h6-11H,1-5H3,(H,19,23). The second-order valence-electron chi connectivity index (χ2n) is 6.30. The maximum absolute atomic E-state index is 12.5. The van der Waals surface area contributed by atoms with Gasteiger partial charge in [0.05, 0.1) is 10.3 Å². The van der Waals surface area contributed by atoms with Crippen LogP contribution >= 0.6 is 23.4 Å². The number of amides is 1. The number of rotatable bonds is 7. The third-order valence-electron chi connectivity index (χ3n) is 3.71. The van der Waals surface area contributed by atoms with Gasteiger partial charge in [0.1, 0.15) is 11.2 Å². The van der Waals surface area contributed by atoms with Crippen molar-refractivity contribution in [1.29, 1.82) is 0 Å². The molecular formula is C16H22ClN5O3S2. The van der Waals surface area contributed by atoms with Crippen LogP contribution in [-0.4, -0.2) is 52.7 Å². The molecule has 0 bridgehead atoms. The first-order valence-corrected chi connectivity index (χ1v) is 10.8. The van der Waals surface area contributed by atoms with E-state index in [1.807, 2.05) is 18.4 Å². The van der Waals surface area contributed by atoms with E-state index in [-0.39, 0.29) is 21.9 Å². The van der Waals surface area contributed by atoms with Crippen LogP contribution in [0.2, 0.25) is 5.02 Å². The molecule has 2 aromatic rings. The molecular weight excluding hydrogens is 410 g/mol. The topological polar surface area (TPSA) is 97.2 Å². The van der Waals surface area contributed by atoms with Crippen molar-refractivity contribution in [3.63, 3.8) is 0 Å². The smallest absolute Gasteiger partial charge is 0.244 e. The predicted molar refractivity (Wildman–Crippen MR) is 107 cm³/mol. The van der Waals surface area contributed by atoms with Crippen LogP contribution in [0.25, 0.3) is 0 Å². The van der Waals surface area contributed by atoms with Gasteiger partial charge in [-0.2, -0.15) is 0 Å². The number of thioether (sulfide) groups is 1. The molecule has 1 aromatic heterocycles. The minimum absolute atomic E-state index is 0.0631. The van der Waals surface area contributed by atoms with Crippen molar-refractivity contribution in [2.45, 2.75) is 42.1 Å². The number of benzene rings is 1. The molecule has 0 spiro atoms. The van der Waals surface area contributed by atoms with Crippen molar-refractivity contribution in [2.75, 3.05) is 19.4 Å². The highest BCUT2D eigenvalue weighted by Gasteiger charge is 2.23. The maximum Gasteiger partial charge on any atom is 0.244 e. The lowest BCUT2D eigenvalue weighted by molar-refractivity contribution is -0.115. The minimum Gasteiger partial charge on any atom is -0.325 e. The number of hydrogen-bond acceptors (Lipinski definition) is 6. The van der Waals surface area contributed by atoms with Crippen molar-refractivity contribution in [1.82, 2.24) is 19.1 Å². The normalized spacial score (nSPS) is 13.2. The van der Waals surface area contributed by atoms with Crippen molar-refractivity contribution in [3.05, 3.63) is 29.5 Å². The van der Waals surface area contributed by atoms with Gasteiger partial charge in [-0.15, -0.1) is 10.2 Å². The summed E-state index contributed by atoms with van der Waals surface area (Å²) in [4.78, 5) is 12.5. The van der Waals surface area contributed by atoms with Crippen molar-refractivity contribution in [3.8, 4) is 0 Å². The molecule has 1 N–H and O–H groups in total. The van der Waals surface area contributed by atoms with Gasteiger partial charge in [0, 0.05) is 25.8 Å². The van der Waals surface area contributed by atoms with Crippen molar-refractivity contribution in [2.24, 2.45) is 0 Å². The van der Waals surface area contributed by atoms with Gasteiger partial charge >= 0.3 is 0 Å². The fourth-order valence-electron chi connectivity index (χ4n) is 2.10. The fourth-order valence-corrected chi connectivity index (χ4v) is 4.45. The average molecular weight is 432 g/mol. The maximum atomic E-state index is 12.5. The lowest BCUT2D eigenvalue weighted by Crippen LogP contribution is -2.24. The Kier molecular flexibility index (Phi) is 6.90. The number of sulfonamides is 1. The molecule has 8 nitrogen and oxygen atoms in total. The number of carbonyl (C=O) groups is 1. The first-order valence-electron chi connectivity index (χ1n) is 8.13.